The van der Waals surface area contributed by atoms with E-state index < -0.39 is 5.82 Å². The molecule has 0 aliphatic carbocycles. The van der Waals surface area contributed by atoms with E-state index in [1.54, 1.807) is 24.3 Å². The minimum absolute atomic E-state index is 0.0422. The van der Waals surface area contributed by atoms with Crippen LogP contribution in [0.1, 0.15) is 0 Å². The van der Waals surface area contributed by atoms with E-state index in [-0.39, 0.29) is 5.02 Å². The summed E-state index contributed by atoms with van der Waals surface area (Å²) < 4.78 is 13.0. The van der Waals surface area contributed by atoms with Crippen molar-refractivity contribution in [2.24, 2.45) is 0 Å². The third-order valence-corrected chi connectivity index (χ3v) is 2.84. The number of nitrogens with one attached hydrogen (secondary N) is 1. The first-order valence-electron chi connectivity index (χ1n) is 4.84. The first kappa shape index (κ1) is 12.0. The molecule has 17 heavy (non-hydrogen) atoms. The van der Waals surface area contributed by atoms with Gasteiger partial charge in [-0.2, -0.15) is 0 Å². The van der Waals surface area contributed by atoms with Crippen LogP contribution in [0.4, 0.5) is 21.5 Å². The summed E-state index contributed by atoms with van der Waals surface area (Å²) in [7, 11) is 0. The van der Waals surface area contributed by atoms with Crippen LogP contribution >= 0.6 is 23.2 Å². The summed E-state index contributed by atoms with van der Waals surface area (Å²) in [5, 5.41) is 3.53. The molecule has 3 N–H and O–H groups in total. The first-order valence-corrected chi connectivity index (χ1v) is 5.59. The highest BCUT2D eigenvalue weighted by atomic mass is 35.5. The van der Waals surface area contributed by atoms with Crippen molar-refractivity contribution in [3.8, 4) is 0 Å². The van der Waals surface area contributed by atoms with E-state index in [9.17, 15) is 4.39 Å². The molecule has 0 saturated carbocycles. The lowest BCUT2D eigenvalue weighted by atomic mass is 10.2. The fraction of sp³-hybridized carbons (Fsp3) is 0. The van der Waals surface area contributed by atoms with Crippen LogP contribution in [0, 0.1) is 5.82 Å². The second kappa shape index (κ2) is 4.82. The Morgan fingerprint density at radius 2 is 1.82 bits per heavy atom. The van der Waals surface area contributed by atoms with Crippen LogP contribution in [-0.2, 0) is 0 Å². The maximum absolute atomic E-state index is 13.0. The normalized spacial score (nSPS) is 10.3. The van der Waals surface area contributed by atoms with Crippen molar-refractivity contribution in [3.05, 3.63) is 52.3 Å². The van der Waals surface area contributed by atoms with Crippen molar-refractivity contribution < 1.29 is 4.39 Å². The minimum atomic E-state index is -0.468. The second-order valence-corrected chi connectivity index (χ2v) is 4.27. The molecule has 0 amide bonds. The van der Waals surface area contributed by atoms with E-state index in [0.717, 1.165) is 0 Å². The summed E-state index contributed by atoms with van der Waals surface area (Å²) in [5.41, 5.74) is 7.50. The van der Waals surface area contributed by atoms with Crippen molar-refractivity contribution >= 4 is 40.3 Å². The molecule has 5 heteroatoms. The largest absolute Gasteiger partial charge is 0.397 e. The Balaban J connectivity index is 2.35. The summed E-state index contributed by atoms with van der Waals surface area (Å²) >= 11 is 11.7. The number of hydrogen-bond acceptors (Lipinski definition) is 2. The number of hydrogen-bond donors (Lipinski definition) is 2. The van der Waals surface area contributed by atoms with Crippen LogP contribution in [0.25, 0.3) is 0 Å². The summed E-state index contributed by atoms with van der Waals surface area (Å²) in [5.74, 6) is -0.468. The van der Waals surface area contributed by atoms with E-state index in [2.05, 4.69) is 5.32 Å². The van der Waals surface area contributed by atoms with Crippen LogP contribution in [-0.4, -0.2) is 0 Å². The van der Waals surface area contributed by atoms with Gasteiger partial charge in [-0.25, -0.2) is 4.39 Å². The van der Waals surface area contributed by atoms with Crippen LogP contribution in [0.2, 0.25) is 10.0 Å². The van der Waals surface area contributed by atoms with E-state index in [1.165, 1.54) is 12.1 Å². The van der Waals surface area contributed by atoms with Gasteiger partial charge in [0.2, 0.25) is 0 Å². The Kier molecular flexibility index (Phi) is 3.41. The van der Waals surface area contributed by atoms with Gasteiger partial charge in [-0.05, 0) is 30.3 Å². The fourth-order valence-electron chi connectivity index (χ4n) is 1.39. The molecule has 2 rings (SSSR count). The standard InChI is InChI=1S/C12H9Cl2FN2/c13-8-2-1-3-11(16)12(8)17-7-4-5-10(15)9(14)6-7/h1-6,17H,16H2. The van der Waals surface area contributed by atoms with Crippen LogP contribution < -0.4 is 11.1 Å². The molecular weight excluding hydrogens is 262 g/mol. The smallest absolute Gasteiger partial charge is 0.141 e. The van der Waals surface area contributed by atoms with Crippen molar-refractivity contribution in [1.29, 1.82) is 0 Å². The summed E-state index contributed by atoms with van der Waals surface area (Å²) in [6.45, 7) is 0. The van der Waals surface area contributed by atoms with Crippen molar-refractivity contribution in [3.63, 3.8) is 0 Å². The average molecular weight is 271 g/mol. The monoisotopic (exact) mass is 270 g/mol. The molecular formula is C12H9Cl2FN2. The van der Waals surface area contributed by atoms with Gasteiger partial charge >= 0.3 is 0 Å². The highest BCUT2D eigenvalue weighted by Crippen LogP contribution is 2.31. The zero-order chi connectivity index (χ0) is 12.4. The Morgan fingerprint density at radius 1 is 1.06 bits per heavy atom. The molecule has 2 aromatic carbocycles. The summed E-state index contributed by atoms with van der Waals surface area (Å²) in [4.78, 5) is 0. The number of benzene rings is 2. The summed E-state index contributed by atoms with van der Waals surface area (Å²) in [6.07, 6.45) is 0. The molecule has 0 aliphatic rings. The number of rotatable bonds is 2. The van der Waals surface area contributed by atoms with Gasteiger partial charge in [0, 0.05) is 5.69 Å². The highest BCUT2D eigenvalue weighted by molar-refractivity contribution is 6.34. The van der Waals surface area contributed by atoms with Gasteiger partial charge in [0.05, 0.1) is 21.4 Å². The molecule has 0 heterocycles. The molecule has 0 saturated heterocycles. The SMILES string of the molecule is Nc1cccc(Cl)c1Nc1ccc(F)c(Cl)c1. The van der Waals surface area contributed by atoms with Gasteiger partial charge in [0.1, 0.15) is 5.82 Å². The van der Waals surface area contributed by atoms with Crippen molar-refractivity contribution in [1.82, 2.24) is 0 Å². The Morgan fingerprint density at radius 3 is 2.47 bits per heavy atom. The van der Waals surface area contributed by atoms with Gasteiger partial charge in [0.15, 0.2) is 0 Å². The Bertz CT molecular complexity index is 538. The molecule has 88 valence electrons. The van der Waals surface area contributed by atoms with Gasteiger partial charge in [-0.15, -0.1) is 0 Å². The van der Waals surface area contributed by atoms with Gasteiger partial charge in [-0.3, -0.25) is 0 Å². The number of para-hydroxylation sites is 1. The lowest BCUT2D eigenvalue weighted by molar-refractivity contribution is 0.628. The maximum atomic E-state index is 13.0. The van der Waals surface area contributed by atoms with Crippen LogP contribution in [0.15, 0.2) is 36.4 Å². The van der Waals surface area contributed by atoms with E-state index in [0.29, 0.717) is 22.1 Å². The predicted molar refractivity (Wildman–Crippen MR) is 70.6 cm³/mol. The molecule has 0 bridgehead atoms. The third kappa shape index (κ3) is 2.62. The lowest BCUT2D eigenvalue weighted by Crippen LogP contribution is -1.97. The van der Waals surface area contributed by atoms with Crippen LogP contribution in [0.5, 0.6) is 0 Å². The third-order valence-electron chi connectivity index (χ3n) is 2.23. The van der Waals surface area contributed by atoms with Crippen molar-refractivity contribution in [2.75, 3.05) is 11.1 Å². The molecule has 0 fully saturated rings. The van der Waals surface area contributed by atoms with Gasteiger partial charge in [0.25, 0.3) is 0 Å². The number of halogens is 3. The number of nitrogens with two attached hydrogens (primary N) is 1. The molecule has 0 spiro atoms. The zero-order valence-electron chi connectivity index (χ0n) is 8.68. The maximum Gasteiger partial charge on any atom is 0.141 e. The van der Waals surface area contributed by atoms with E-state index >= 15 is 0 Å². The highest BCUT2D eigenvalue weighted by Gasteiger charge is 2.06. The Hall–Kier alpha value is -1.45. The zero-order valence-corrected chi connectivity index (χ0v) is 10.2. The minimum Gasteiger partial charge on any atom is -0.397 e. The van der Waals surface area contributed by atoms with Crippen LogP contribution in [0.3, 0.4) is 0 Å². The lowest BCUT2D eigenvalue weighted by Gasteiger charge is -2.11. The predicted octanol–water partition coefficient (Wildman–Crippen LogP) is 4.46. The average Bonchev–Trinajstić information content (AvgIpc) is 2.28. The fourth-order valence-corrected chi connectivity index (χ4v) is 1.80. The number of nitrogen functional groups attached to an aromatic ring is 1. The second-order valence-electron chi connectivity index (χ2n) is 3.46. The van der Waals surface area contributed by atoms with E-state index in [4.69, 9.17) is 28.9 Å². The molecule has 2 aromatic rings. The van der Waals surface area contributed by atoms with Gasteiger partial charge in [-0.1, -0.05) is 29.3 Å². The first-order chi connectivity index (χ1) is 8.08. The molecule has 0 unspecified atom stereocenters. The topological polar surface area (TPSA) is 38.0 Å². The van der Waals surface area contributed by atoms with Crippen molar-refractivity contribution in [2.45, 2.75) is 0 Å². The molecule has 2 nitrogen and oxygen atoms in total. The molecule has 0 radical (unpaired) electrons. The summed E-state index contributed by atoms with van der Waals surface area (Å²) in [6, 6.07) is 9.49. The Labute approximate surface area is 108 Å². The quantitative estimate of drug-likeness (QED) is 0.791. The number of anilines is 3. The van der Waals surface area contributed by atoms with Gasteiger partial charge < -0.3 is 11.1 Å². The molecule has 0 aliphatic heterocycles. The molecule has 0 aromatic heterocycles. The molecule has 0 atom stereocenters. The van der Waals surface area contributed by atoms with E-state index in [1.807, 2.05) is 0 Å².